The van der Waals surface area contributed by atoms with Crippen molar-refractivity contribution in [2.45, 2.75) is 0 Å². The van der Waals surface area contributed by atoms with Crippen LogP contribution in [0.2, 0.25) is 0 Å². The lowest BCUT2D eigenvalue weighted by Crippen LogP contribution is -2.65. The second kappa shape index (κ2) is 25.9. The molecule has 112 heavy (non-hydrogen) atoms. The van der Waals surface area contributed by atoms with E-state index in [-0.39, 0.29) is 13.4 Å². The van der Waals surface area contributed by atoms with Gasteiger partial charge >= 0.3 is 0 Å². The molecule has 0 spiro atoms. The van der Waals surface area contributed by atoms with E-state index in [9.17, 15) is 0 Å². The Morgan fingerprint density at radius 1 is 0.223 bits per heavy atom. The Hall–Kier alpha value is -13.9. The van der Waals surface area contributed by atoms with E-state index in [2.05, 4.69) is 430 Å². The van der Waals surface area contributed by atoms with Gasteiger partial charge in [0.2, 0.25) is 0 Å². The van der Waals surface area contributed by atoms with Crippen LogP contribution in [-0.4, -0.2) is 13.4 Å². The van der Waals surface area contributed by atoms with Crippen molar-refractivity contribution in [1.29, 1.82) is 0 Å². The quantitative estimate of drug-likeness (QED) is 0.113. The molecule has 17 aromatic carbocycles. The number of anilines is 18. The van der Waals surface area contributed by atoms with Crippen molar-refractivity contribution in [3.8, 4) is 22.3 Å². The van der Waals surface area contributed by atoms with Crippen LogP contribution in [0.4, 0.5) is 102 Å². The van der Waals surface area contributed by atoms with Gasteiger partial charge in [-0.3, -0.25) is 0 Å². The number of fused-ring (bicyclic) bond motifs is 14. The molecule has 0 saturated carbocycles. The first-order chi connectivity index (χ1) is 55.6. The van der Waals surface area contributed by atoms with E-state index in [0.717, 1.165) is 125 Å². The number of hydrogen-bond acceptors (Lipinski definition) is 8. The molecule has 19 aromatic rings. The lowest BCUT2D eigenvalue weighted by molar-refractivity contribution is 1.22. The van der Waals surface area contributed by atoms with Crippen LogP contribution in [0.25, 0.3) is 62.6 Å². The molecule has 0 fully saturated rings. The fourth-order valence-electron chi connectivity index (χ4n) is 18.8. The van der Waals surface area contributed by atoms with E-state index >= 15 is 0 Å². The summed E-state index contributed by atoms with van der Waals surface area (Å²) in [5.74, 6) is 0. The van der Waals surface area contributed by atoms with Gasteiger partial charge in [0.05, 0.1) is 38.8 Å². The largest absolute Gasteiger partial charge is 0.311 e. The summed E-state index contributed by atoms with van der Waals surface area (Å²) < 4.78 is 5.00. The van der Waals surface area contributed by atoms with Gasteiger partial charge in [-0.15, -0.1) is 22.7 Å². The van der Waals surface area contributed by atoms with Crippen molar-refractivity contribution in [2.24, 2.45) is 0 Å². The van der Waals surface area contributed by atoms with Gasteiger partial charge in [0.15, 0.2) is 0 Å². The summed E-state index contributed by atoms with van der Waals surface area (Å²) in [5, 5.41) is 4.99. The first-order valence-electron chi connectivity index (χ1n) is 38.5. The Morgan fingerprint density at radius 3 is 1.16 bits per heavy atom. The van der Waals surface area contributed by atoms with Gasteiger partial charge in [0.25, 0.3) is 13.4 Å². The molecular formula is C102H66B2N6S2. The van der Waals surface area contributed by atoms with Crippen molar-refractivity contribution >= 4 is 212 Å². The van der Waals surface area contributed by atoms with Crippen molar-refractivity contribution in [3.05, 3.63) is 400 Å². The van der Waals surface area contributed by atoms with Gasteiger partial charge in [0, 0.05) is 115 Å². The average Bonchev–Trinajstić information content (AvgIpc) is 0.684. The van der Waals surface area contributed by atoms with Crippen LogP contribution < -0.4 is 62.2 Å². The minimum absolute atomic E-state index is 0.259. The van der Waals surface area contributed by atoms with Crippen molar-refractivity contribution in [3.63, 3.8) is 0 Å². The zero-order valence-corrected chi connectivity index (χ0v) is 62.4. The smallest absolute Gasteiger partial charge is 0.252 e. The minimum Gasteiger partial charge on any atom is -0.311 e. The van der Waals surface area contributed by atoms with E-state index in [1.54, 1.807) is 0 Å². The first kappa shape index (κ1) is 64.1. The molecule has 0 bridgehead atoms. The normalized spacial score (nSPS) is 12.9. The topological polar surface area (TPSA) is 19.4 Å². The summed E-state index contributed by atoms with van der Waals surface area (Å²) in [5.41, 5.74) is 31.6. The van der Waals surface area contributed by atoms with E-state index in [4.69, 9.17) is 0 Å². The predicted octanol–water partition coefficient (Wildman–Crippen LogP) is 24.9. The van der Waals surface area contributed by atoms with E-state index in [0.29, 0.717) is 0 Å². The maximum absolute atomic E-state index is 2.69. The van der Waals surface area contributed by atoms with Crippen LogP contribution in [0.5, 0.6) is 0 Å². The molecule has 0 amide bonds. The van der Waals surface area contributed by atoms with Gasteiger partial charge in [-0.05, 0) is 177 Å². The summed E-state index contributed by atoms with van der Waals surface area (Å²) in [4.78, 5) is 15.5. The van der Waals surface area contributed by atoms with Crippen LogP contribution in [0, 0.1) is 0 Å². The highest BCUT2D eigenvalue weighted by Crippen LogP contribution is 2.56. The molecule has 0 radical (unpaired) electrons. The summed E-state index contributed by atoms with van der Waals surface area (Å²) in [7, 11) is 0. The molecule has 10 heteroatoms. The number of hydrogen-bond donors (Lipinski definition) is 0. The zero-order valence-electron chi connectivity index (χ0n) is 60.8. The Kier molecular flexibility index (Phi) is 14.8. The fourth-order valence-corrected chi connectivity index (χ4v) is 21.1. The predicted molar refractivity (Wildman–Crippen MR) is 481 cm³/mol. The highest BCUT2D eigenvalue weighted by molar-refractivity contribution is 7.26. The van der Waals surface area contributed by atoms with E-state index in [1.165, 1.54) is 73.1 Å². The zero-order chi connectivity index (χ0) is 73.5. The third-order valence-electron chi connectivity index (χ3n) is 23.3. The number of rotatable bonds is 12. The third kappa shape index (κ3) is 9.92. The summed E-state index contributed by atoms with van der Waals surface area (Å²) in [6, 6.07) is 150. The Labute approximate surface area is 658 Å². The molecule has 23 rings (SSSR count). The number of nitrogens with zero attached hydrogens (tertiary/aromatic N) is 6. The monoisotopic (exact) mass is 1460 g/mol. The SMILES string of the molecule is c1ccc(-c2ccccc2N2c3cc4c(cc3B3c5ccccc5N(c5ccccc5)c5cc(N(c6ccccc6)c6cccc7c6sc6ccccc67)cc2c53)B2c3ccccc3N(c3cccc5sc6ccccc6c35)c3cc(N(c5ccccc5)c5ccccc5)cc(c32)N4c2ccccc2-c2ccccc2)cc1. The van der Waals surface area contributed by atoms with Crippen LogP contribution >= 0.6 is 22.7 Å². The number of thiophene rings is 2. The van der Waals surface area contributed by atoms with Gasteiger partial charge in [-0.25, -0.2) is 0 Å². The molecule has 0 saturated heterocycles. The Morgan fingerprint density at radius 2 is 0.607 bits per heavy atom. The second-order valence-electron chi connectivity index (χ2n) is 29.4. The summed E-state index contributed by atoms with van der Waals surface area (Å²) in [6.45, 7) is -0.526. The van der Waals surface area contributed by atoms with Crippen molar-refractivity contribution in [1.82, 2.24) is 0 Å². The Bertz CT molecular complexity index is 6920. The van der Waals surface area contributed by atoms with Crippen LogP contribution in [-0.2, 0) is 0 Å². The van der Waals surface area contributed by atoms with Crippen molar-refractivity contribution in [2.75, 3.05) is 29.4 Å². The fraction of sp³-hybridized carbons (Fsp3) is 0. The maximum Gasteiger partial charge on any atom is 0.252 e. The maximum atomic E-state index is 2.69. The molecule has 4 aliphatic heterocycles. The first-order valence-corrected chi connectivity index (χ1v) is 40.1. The molecule has 6 nitrogen and oxygen atoms in total. The summed E-state index contributed by atoms with van der Waals surface area (Å²) >= 11 is 3.74. The molecular weight excluding hydrogens is 1390 g/mol. The van der Waals surface area contributed by atoms with Crippen LogP contribution in [0.3, 0.4) is 0 Å². The van der Waals surface area contributed by atoms with E-state index in [1.807, 2.05) is 22.7 Å². The highest BCUT2D eigenvalue weighted by atomic mass is 32.1. The number of benzene rings is 17. The molecule has 0 atom stereocenters. The minimum atomic E-state index is -0.267. The Balaban J connectivity index is 0.875. The standard InChI is InChI=1S/C102H66B2N6S2/c1-7-33-67(34-8-1)75-45-19-25-52-84(75)108-91-66-90-82(65-83(91)104-81-51-24-28-55-87(81)110(88-56-32-60-98-99(88)79-48-22-30-59-97(79)111-98)95-62-73(61-93(108)101(95)104)105(69-37-11-3-12-38-69)70-39-13-4-14-40-70)103-80-50-23-27-54-86(80)107(72-43-17-6-18-44-72)92-63-74(64-94(100(92)103)109(90)85-53-26-20-46-76(85)68-35-9-2-10-36-68)106(71-41-15-5-16-42-71)89-57-31-49-78-77-47-21-29-58-96(77)112-102(78)89/h1-66H. The van der Waals surface area contributed by atoms with Crippen LogP contribution in [0.1, 0.15) is 0 Å². The highest BCUT2D eigenvalue weighted by Gasteiger charge is 2.50. The van der Waals surface area contributed by atoms with Gasteiger partial charge in [0.1, 0.15) is 0 Å². The molecule has 2 aromatic heterocycles. The van der Waals surface area contributed by atoms with Crippen molar-refractivity contribution < 1.29 is 0 Å². The third-order valence-corrected chi connectivity index (χ3v) is 25.7. The van der Waals surface area contributed by atoms with Gasteiger partial charge in [-0.1, -0.05) is 267 Å². The second-order valence-corrected chi connectivity index (χ2v) is 31.5. The van der Waals surface area contributed by atoms with E-state index < -0.39 is 0 Å². The van der Waals surface area contributed by atoms with Gasteiger partial charge in [-0.2, -0.15) is 0 Å². The van der Waals surface area contributed by atoms with Crippen LogP contribution in [0.15, 0.2) is 400 Å². The molecule has 4 aliphatic rings. The molecule has 522 valence electrons. The molecule has 6 heterocycles. The lowest BCUT2D eigenvalue weighted by atomic mass is 9.30. The van der Waals surface area contributed by atoms with Gasteiger partial charge < -0.3 is 29.4 Å². The molecule has 0 aliphatic carbocycles. The number of para-hydroxylation sites is 8. The molecule has 0 N–H and O–H groups in total. The summed E-state index contributed by atoms with van der Waals surface area (Å²) in [6.07, 6.45) is 0. The lowest BCUT2D eigenvalue weighted by Gasteiger charge is -2.48. The average molecular weight is 1460 g/mol. The molecule has 0 unspecified atom stereocenters.